The van der Waals surface area contributed by atoms with Crippen molar-refractivity contribution in [2.75, 3.05) is 0 Å². The maximum absolute atomic E-state index is 8.66. The minimum Gasteiger partial charge on any atom is -0.433 e. The third-order valence-electron chi connectivity index (χ3n) is 0. The molecule has 0 spiro atoms. The van der Waals surface area contributed by atoms with Gasteiger partial charge in [-0.3, -0.25) is 0 Å². The average Bonchev–Trinajstić information content (AvgIpc) is 1.50. The Kier molecular flexibility index (Phi) is 23.8. The summed E-state index contributed by atoms with van der Waals surface area (Å²) in [5, 5.41) is 16.1. The van der Waals surface area contributed by atoms with E-state index in [0.717, 1.165) is 0 Å². The molecule has 0 bridgehead atoms. The van der Waals surface area contributed by atoms with Crippen LogP contribution in [0.15, 0.2) is 0 Å². The molecule has 0 amide bonds. The molecular formula is C9H26O3SiTi. The minimum atomic E-state index is -1.61. The summed E-state index contributed by atoms with van der Waals surface area (Å²) in [7, 11) is -1.61. The standard InChI is InChI=1S/C3H10OSi.2C3H8O.Ti/c1-5(2,3)4;2*1-3(2)4;/h4H,1-3H3;2*3-4H,1-2H3;. The van der Waals surface area contributed by atoms with E-state index in [-0.39, 0.29) is 33.9 Å². The summed E-state index contributed by atoms with van der Waals surface area (Å²) in [5.74, 6) is 0. The molecule has 0 aliphatic heterocycles. The Morgan fingerprint density at radius 3 is 0.786 bits per heavy atom. The molecule has 0 saturated heterocycles. The second-order valence-electron chi connectivity index (χ2n) is 4.36. The van der Waals surface area contributed by atoms with E-state index < -0.39 is 8.32 Å². The molecule has 5 heteroatoms. The predicted octanol–water partition coefficient (Wildman–Crippen LogP) is 1.59. The van der Waals surface area contributed by atoms with E-state index in [1.165, 1.54) is 0 Å². The second-order valence-corrected chi connectivity index (χ2v) is 8.70. The monoisotopic (exact) mass is 258 g/mol. The van der Waals surface area contributed by atoms with Crippen LogP contribution in [0.5, 0.6) is 0 Å². The topological polar surface area (TPSA) is 60.7 Å². The van der Waals surface area contributed by atoms with Gasteiger partial charge in [-0.25, -0.2) is 0 Å². The van der Waals surface area contributed by atoms with E-state index >= 15 is 0 Å². The van der Waals surface area contributed by atoms with Crippen LogP contribution in [0.4, 0.5) is 0 Å². The summed E-state index contributed by atoms with van der Waals surface area (Å²) >= 11 is 0. The molecule has 14 heavy (non-hydrogen) atoms. The predicted molar refractivity (Wildman–Crippen MR) is 60.3 cm³/mol. The van der Waals surface area contributed by atoms with Crippen LogP contribution >= 0.6 is 0 Å². The maximum Gasteiger partial charge on any atom is 0.179 e. The third kappa shape index (κ3) is 2720. The van der Waals surface area contributed by atoms with Crippen LogP contribution in [0.3, 0.4) is 0 Å². The van der Waals surface area contributed by atoms with Crippen LogP contribution in [0.25, 0.3) is 0 Å². The van der Waals surface area contributed by atoms with Crippen molar-refractivity contribution in [3.8, 4) is 0 Å². The van der Waals surface area contributed by atoms with E-state index in [0.29, 0.717) is 0 Å². The molecule has 3 N–H and O–H groups in total. The van der Waals surface area contributed by atoms with Gasteiger partial charge in [-0.15, -0.1) is 0 Å². The largest absolute Gasteiger partial charge is 0.433 e. The summed E-state index contributed by atoms with van der Waals surface area (Å²) in [6.07, 6.45) is -0.333. The Bertz CT molecular complexity index is 75.0. The fraction of sp³-hybridized carbons (Fsp3) is 1.00. The Hall–Kier alpha value is 0.811. The summed E-state index contributed by atoms with van der Waals surface area (Å²) < 4.78 is 0. The molecule has 0 rings (SSSR count). The first-order chi connectivity index (χ1) is 5.46. The summed E-state index contributed by atoms with van der Waals surface area (Å²) in [6, 6.07) is 0. The van der Waals surface area contributed by atoms with Crippen LogP contribution in [-0.2, 0) is 21.7 Å². The van der Waals surface area contributed by atoms with Crippen LogP contribution in [0, 0.1) is 0 Å². The summed E-state index contributed by atoms with van der Waals surface area (Å²) in [5.41, 5.74) is 0. The van der Waals surface area contributed by atoms with Gasteiger partial charge in [0.2, 0.25) is 0 Å². The van der Waals surface area contributed by atoms with Crippen LogP contribution in [0.2, 0.25) is 19.6 Å². The molecule has 0 unspecified atom stereocenters. The van der Waals surface area contributed by atoms with Gasteiger partial charge in [0.25, 0.3) is 0 Å². The van der Waals surface area contributed by atoms with Crippen molar-refractivity contribution in [2.45, 2.75) is 59.5 Å². The fourth-order valence-corrected chi connectivity index (χ4v) is 0. The van der Waals surface area contributed by atoms with Crippen LogP contribution in [0.1, 0.15) is 27.7 Å². The smallest absolute Gasteiger partial charge is 0.179 e. The molecule has 0 aliphatic rings. The fourth-order valence-electron chi connectivity index (χ4n) is 0. The molecule has 0 aliphatic carbocycles. The maximum atomic E-state index is 8.66. The van der Waals surface area contributed by atoms with E-state index in [1.54, 1.807) is 27.7 Å². The number of hydrogen-bond acceptors (Lipinski definition) is 3. The third-order valence-corrected chi connectivity index (χ3v) is 0. The molecule has 0 aromatic heterocycles. The molecule has 88 valence electrons. The molecule has 0 fully saturated rings. The molecule has 3 nitrogen and oxygen atoms in total. The van der Waals surface area contributed by atoms with Gasteiger partial charge in [-0.1, -0.05) is 0 Å². The first-order valence-electron chi connectivity index (χ1n) is 4.55. The zero-order valence-corrected chi connectivity index (χ0v) is 13.1. The Balaban J connectivity index is -0.0000000522. The van der Waals surface area contributed by atoms with Crippen LogP contribution < -0.4 is 0 Å². The minimum absolute atomic E-state index is 0. The summed E-state index contributed by atoms with van der Waals surface area (Å²) in [6.45, 7) is 12.5. The number of aliphatic hydroxyl groups excluding tert-OH is 2. The van der Waals surface area contributed by atoms with E-state index in [2.05, 4.69) is 0 Å². The van der Waals surface area contributed by atoms with Crippen molar-refractivity contribution < 1.29 is 36.7 Å². The van der Waals surface area contributed by atoms with Crippen molar-refractivity contribution >= 4 is 8.32 Å². The van der Waals surface area contributed by atoms with Gasteiger partial charge in [-0.2, -0.15) is 0 Å². The normalized spacial score (nSPS) is 9.43. The van der Waals surface area contributed by atoms with Gasteiger partial charge in [0.05, 0.1) is 0 Å². The molecule has 0 heterocycles. The van der Waals surface area contributed by atoms with E-state index in [1.807, 2.05) is 19.6 Å². The number of aliphatic hydroxyl groups is 2. The Morgan fingerprint density at radius 2 is 0.786 bits per heavy atom. The molecule has 0 atom stereocenters. The van der Waals surface area contributed by atoms with Gasteiger partial charge >= 0.3 is 0 Å². The van der Waals surface area contributed by atoms with Gasteiger partial charge in [0.15, 0.2) is 8.32 Å². The zero-order chi connectivity index (χ0) is 11.7. The first kappa shape index (κ1) is 24.2. The SMILES string of the molecule is CC(C)O.CC(C)O.C[Si](C)(C)O.[Ti]. The Morgan fingerprint density at radius 1 is 0.786 bits per heavy atom. The van der Waals surface area contributed by atoms with Crippen molar-refractivity contribution in [2.24, 2.45) is 0 Å². The molecule has 0 radical (unpaired) electrons. The van der Waals surface area contributed by atoms with Crippen molar-refractivity contribution in [1.82, 2.24) is 0 Å². The second kappa shape index (κ2) is 13.8. The quantitative estimate of drug-likeness (QED) is 0.578. The molecule has 0 aromatic carbocycles. The molecule has 0 aromatic rings. The van der Waals surface area contributed by atoms with E-state index in [4.69, 9.17) is 15.0 Å². The first-order valence-corrected chi connectivity index (χ1v) is 8.00. The van der Waals surface area contributed by atoms with Gasteiger partial charge in [0, 0.05) is 33.9 Å². The van der Waals surface area contributed by atoms with Crippen LogP contribution in [-0.4, -0.2) is 35.5 Å². The summed E-state index contributed by atoms with van der Waals surface area (Å²) in [4.78, 5) is 8.66. The van der Waals surface area contributed by atoms with E-state index in [9.17, 15) is 0 Å². The number of hydrogen-bond donors (Lipinski definition) is 3. The van der Waals surface area contributed by atoms with Gasteiger partial charge < -0.3 is 15.0 Å². The average molecular weight is 258 g/mol. The van der Waals surface area contributed by atoms with Crippen molar-refractivity contribution in [3.63, 3.8) is 0 Å². The van der Waals surface area contributed by atoms with Crippen molar-refractivity contribution in [1.29, 1.82) is 0 Å². The van der Waals surface area contributed by atoms with Gasteiger partial charge in [0.1, 0.15) is 0 Å². The van der Waals surface area contributed by atoms with Gasteiger partial charge in [-0.05, 0) is 47.3 Å². The molecule has 0 saturated carbocycles. The van der Waals surface area contributed by atoms with Crippen molar-refractivity contribution in [3.05, 3.63) is 0 Å². The zero-order valence-electron chi connectivity index (χ0n) is 10.5. The number of rotatable bonds is 0. The Labute approximate surface area is 105 Å². The molecular weight excluding hydrogens is 232 g/mol.